The second kappa shape index (κ2) is 20.6. The van der Waals surface area contributed by atoms with Crippen LogP contribution in [0.4, 0.5) is 22.0 Å². The molecule has 5 aromatic carbocycles. The van der Waals surface area contributed by atoms with Crippen LogP contribution in [-0.4, -0.2) is 49.4 Å². The van der Waals surface area contributed by atoms with Gasteiger partial charge in [0.05, 0.1) is 41.0 Å². The van der Waals surface area contributed by atoms with E-state index in [-0.39, 0.29) is 41.2 Å². The van der Waals surface area contributed by atoms with Crippen LogP contribution in [0.15, 0.2) is 183 Å². The number of para-hydroxylation sites is 2. The molecule has 0 saturated heterocycles. The Morgan fingerprint density at radius 2 is 1.18 bits per heavy atom. The van der Waals surface area contributed by atoms with Crippen molar-refractivity contribution in [1.29, 1.82) is 0 Å². The SMILES string of the molecule is Cc1ccc(C(=O)Cc2cc(-n3cnc4ccccc43)cc(C(F)(F)F)c2)cc1C#Cc1cnc2ccccn12.Cc1cn(-c2cc(CC(=O)c3cccc(C#Cc4cnc5ccccn45)c3)cc(C(C)(F)F)c2)cn1. The van der Waals surface area contributed by atoms with E-state index in [2.05, 4.69) is 43.6 Å². The molecule has 0 N–H and O–H groups in total. The third-order valence-corrected chi connectivity index (χ3v) is 12.5. The van der Waals surface area contributed by atoms with Gasteiger partial charge in [-0.25, -0.2) is 28.7 Å². The number of halogens is 5. The number of aryl methyl sites for hydroxylation is 2. The fraction of sp³-hybridized carbons (Fsp3) is 0.115. The number of hydrogen-bond acceptors (Lipinski definition) is 6. The standard InChI is InChI=1S/C32H21F3N4O.C29H22F2N4O/c1-21-9-10-24(17-23(21)11-12-26-19-36-31-8-4-5-13-38(26)31)30(40)16-22-14-25(32(33,34)35)18-27(15-22)39-20-37-28-6-2-3-7-29(28)39;1-20-18-34(19-33-20)26-14-22(13-24(16-26)29(2,30)31)15-27(36)23-7-5-6-21(12-23)9-10-25-17-32-28-8-3-4-11-35(25)28/h2-10,13-15,17-20H,16H2,1H3;3-8,11-14,16-19H,15H2,1-2H3. The molecule has 15 heteroatoms. The quantitative estimate of drug-likeness (QED) is 0.0810. The van der Waals surface area contributed by atoms with Gasteiger partial charge in [-0.05, 0) is 133 Å². The van der Waals surface area contributed by atoms with Gasteiger partial charge < -0.3 is 4.57 Å². The van der Waals surface area contributed by atoms with Gasteiger partial charge in [0.15, 0.2) is 11.6 Å². The van der Waals surface area contributed by atoms with Crippen molar-refractivity contribution < 1.29 is 31.5 Å². The summed E-state index contributed by atoms with van der Waals surface area (Å²) in [4.78, 5) is 43.5. The summed E-state index contributed by atoms with van der Waals surface area (Å²) in [5.41, 5.74) is 8.78. The molecular formula is C61H43F5N8O2. The minimum absolute atomic E-state index is 0.0191. The molecule has 0 aliphatic rings. The van der Waals surface area contributed by atoms with Crippen LogP contribution in [-0.2, 0) is 24.9 Å². The first-order valence-corrected chi connectivity index (χ1v) is 23.8. The summed E-state index contributed by atoms with van der Waals surface area (Å²) in [5.74, 6) is 8.88. The number of imidazole rings is 4. The largest absolute Gasteiger partial charge is 0.416 e. The third kappa shape index (κ3) is 11.1. The number of carbonyl (C=O) groups excluding carboxylic acids is 2. The van der Waals surface area contributed by atoms with Crippen LogP contribution in [0.3, 0.4) is 0 Å². The molecule has 11 aromatic rings. The van der Waals surface area contributed by atoms with Crippen molar-refractivity contribution >= 4 is 33.9 Å². The molecule has 0 saturated carbocycles. The zero-order chi connectivity index (χ0) is 53.1. The smallest absolute Gasteiger partial charge is 0.306 e. The topological polar surface area (TPSA) is 104 Å². The number of alkyl halides is 5. The Morgan fingerprint density at radius 3 is 1.84 bits per heavy atom. The summed E-state index contributed by atoms with van der Waals surface area (Å²) in [6.07, 6.45) is 7.16. The number of rotatable bonds is 9. The van der Waals surface area contributed by atoms with E-state index in [1.165, 1.54) is 18.5 Å². The van der Waals surface area contributed by atoms with E-state index in [0.717, 1.165) is 47.3 Å². The highest BCUT2D eigenvalue weighted by Gasteiger charge is 2.32. The van der Waals surface area contributed by atoms with Crippen LogP contribution in [0, 0.1) is 37.5 Å². The molecule has 0 radical (unpaired) electrons. The number of hydrogen-bond donors (Lipinski definition) is 0. The first kappa shape index (κ1) is 49.8. The molecule has 0 aliphatic carbocycles. The maximum Gasteiger partial charge on any atom is 0.416 e. The Morgan fingerprint density at radius 1 is 0.566 bits per heavy atom. The van der Waals surface area contributed by atoms with E-state index in [1.54, 1.807) is 101 Å². The number of benzene rings is 5. The summed E-state index contributed by atoms with van der Waals surface area (Å²) >= 11 is 0. The molecule has 0 spiro atoms. The van der Waals surface area contributed by atoms with Gasteiger partial charge >= 0.3 is 6.18 Å². The number of aromatic nitrogens is 8. The Kier molecular flexibility index (Phi) is 13.5. The number of Topliss-reactive ketones (excluding diaryl/α,β-unsaturated/α-hetero) is 2. The lowest BCUT2D eigenvalue weighted by Gasteiger charge is -2.15. The Balaban J connectivity index is 0.000000174. The molecule has 10 nitrogen and oxygen atoms in total. The van der Waals surface area contributed by atoms with E-state index in [1.807, 2.05) is 83.6 Å². The zero-order valence-corrected chi connectivity index (χ0v) is 41.0. The molecule has 11 rings (SSSR count). The van der Waals surface area contributed by atoms with Gasteiger partial charge in [0.2, 0.25) is 0 Å². The molecule has 76 heavy (non-hydrogen) atoms. The summed E-state index contributed by atoms with van der Waals surface area (Å²) < 4.78 is 76.9. The van der Waals surface area contributed by atoms with Crippen molar-refractivity contribution in [3.8, 4) is 35.1 Å². The highest BCUT2D eigenvalue weighted by atomic mass is 19.4. The maximum atomic E-state index is 14.2. The number of nitrogens with zero attached hydrogens (tertiary/aromatic N) is 8. The fourth-order valence-corrected chi connectivity index (χ4v) is 8.58. The van der Waals surface area contributed by atoms with Gasteiger partial charge in [0.25, 0.3) is 5.92 Å². The monoisotopic (exact) mass is 1010 g/mol. The van der Waals surface area contributed by atoms with E-state index < -0.39 is 17.7 Å². The van der Waals surface area contributed by atoms with Crippen LogP contribution in [0.25, 0.3) is 33.7 Å². The van der Waals surface area contributed by atoms with Crippen LogP contribution in [0.2, 0.25) is 0 Å². The Hall–Kier alpha value is -9.73. The fourth-order valence-electron chi connectivity index (χ4n) is 8.58. The summed E-state index contributed by atoms with van der Waals surface area (Å²) in [5, 5.41) is 0. The average molecular weight is 1020 g/mol. The minimum atomic E-state index is -4.57. The van der Waals surface area contributed by atoms with Crippen LogP contribution >= 0.6 is 0 Å². The first-order valence-electron chi connectivity index (χ1n) is 23.8. The van der Waals surface area contributed by atoms with Crippen molar-refractivity contribution in [1.82, 2.24) is 37.9 Å². The summed E-state index contributed by atoms with van der Waals surface area (Å²) in [6.45, 7) is 4.56. The molecule has 6 aromatic heterocycles. The normalized spacial score (nSPS) is 11.4. The molecule has 0 aliphatic heterocycles. The van der Waals surface area contributed by atoms with Crippen LogP contribution in [0.5, 0.6) is 0 Å². The van der Waals surface area contributed by atoms with E-state index in [4.69, 9.17) is 0 Å². The van der Waals surface area contributed by atoms with Gasteiger partial charge in [-0.2, -0.15) is 13.2 Å². The minimum Gasteiger partial charge on any atom is -0.306 e. The molecule has 0 atom stereocenters. The second-order valence-electron chi connectivity index (χ2n) is 18.1. The van der Waals surface area contributed by atoms with E-state index >= 15 is 0 Å². The summed E-state index contributed by atoms with van der Waals surface area (Å²) in [7, 11) is 0. The molecular weight excluding hydrogens is 972 g/mol. The van der Waals surface area contributed by atoms with Crippen LogP contribution in [0.1, 0.15) is 83.7 Å². The van der Waals surface area contributed by atoms with E-state index in [9.17, 15) is 31.5 Å². The van der Waals surface area contributed by atoms with Gasteiger partial charge in [-0.3, -0.25) is 23.0 Å². The van der Waals surface area contributed by atoms with Crippen molar-refractivity contribution in [2.24, 2.45) is 0 Å². The molecule has 0 bridgehead atoms. The Bertz CT molecular complexity index is 4150. The second-order valence-corrected chi connectivity index (χ2v) is 18.1. The van der Waals surface area contributed by atoms with Gasteiger partial charge in [-0.15, -0.1) is 0 Å². The lowest BCUT2D eigenvalue weighted by molar-refractivity contribution is -0.137. The Labute approximate surface area is 432 Å². The molecule has 6 heterocycles. The maximum absolute atomic E-state index is 14.2. The third-order valence-electron chi connectivity index (χ3n) is 12.5. The van der Waals surface area contributed by atoms with E-state index in [0.29, 0.717) is 50.2 Å². The van der Waals surface area contributed by atoms with Crippen molar-refractivity contribution in [3.05, 3.63) is 250 Å². The predicted molar refractivity (Wildman–Crippen MR) is 280 cm³/mol. The number of pyridine rings is 2. The number of ketones is 2. The lowest BCUT2D eigenvalue weighted by Crippen LogP contribution is -2.11. The van der Waals surface area contributed by atoms with Crippen molar-refractivity contribution in [2.75, 3.05) is 0 Å². The average Bonchev–Trinajstić information content (AvgIpc) is 4.24. The van der Waals surface area contributed by atoms with Gasteiger partial charge in [-0.1, -0.05) is 60.4 Å². The number of fused-ring (bicyclic) bond motifs is 3. The highest BCUT2D eigenvalue weighted by Crippen LogP contribution is 2.34. The van der Waals surface area contributed by atoms with Crippen molar-refractivity contribution in [2.45, 2.75) is 45.7 Å². The van der Waals surface area contributed by atoms with Crippen molar-refractivity contribution in [3.63, 3.8) is 0 Å². The first-order chi connectivity index (χ1) is 36.5. The van der Waals surface area contributed by atoms with Crippen LogP contribution < -0.4 is 0 Å². The number of carbonyl (C=O) groups is 2. The molecule has 0 amide bonds. The van der Waals surface area contributed by atoms with Gasteiger partial charge in [0, 0.05) is 77.5 Å². The highest BCUT2D eigenvalue weighted by molar-refractivity contribution is 5.98. The summed E-state index contributed by atoms with van der Waals surface area (Å²) in [6, 6.07) is 39.0. The molecule has 0 unspecified atom stereocenters. The predicted octanol–water partition coefficient (Wildman–Crippen LogP) is 12.6. The molecule has 374 valence electrons. The zero-order valence-electron chi connectivity index (χ0n) is 41.0. The van der Waals surface area contributed by atoms with Gasteiger partial charge in [0.1, 0.15) is 29.0 Å². The molecule has 0 fully saturated rings. The lowest BCUT2D eigenvalue weighted by atomic mass is 9.97.